The highest BCUT2D eigenvalue weighted by Gasteiger charge is 2.60. The fourth-order valence-corrected chi connectivity index (χ4v) is 9.90. The van der Waals surface area contributed by atoms with Crippen LogP contribution in [0.15, 0.2) is 23.5 Å². The molecule has 170 valence electrons. The van der Waals surface area contributed by atoms with Gasteiger partial charge in [-0.15, -0.1) is 0 Å². The van der Waals surface area contributed by atoms with Crippen LogP contribution in [0.2, 0.25) is 39.3 Å². The molecule has 0 aromatic carbocycles. The van der Waals surface area contributed by atoms with E-state index in [-0.39, 0.29) is 0 Å². The molecule has 0 heterocycles. The van der Waals surface area contributed by atoms with E-state index >= 15 is 0 Å². The first-order valence-corrected chi connectivity index (χ1v) is 19.3. The van der Waals surface area contributed by atoms with Gasteiger partial charge in [-0.3, -0.25) is 0 Å². The molecule has 30 heavy (non-hydrogen) atoms. The number of hydrogen-bond donors (Lipinski definition) is 0. The van der Waals surface area contributed by atoms with Crippen molar-refractivity contribution in [1.29, 1.82) is 0 Å². The Labute approximate surface area is 188 Å². The minimum atomic E-state index is -1.57. The molecule has 0 aromatic rings. The molecule has 0 N–H and O–H groups in total. The molecular weight excluding hydrogens is 400 g/mol. The molecule has 0 amide bonds. The van der Waals surface area contributed by atoms with E-state index in [1.807, 2.05) is 0 Å². The molecule has 0 spiro atoms. The quantitative estimate of drug-likeness (QED) is 0.411. The van der Waals surface area contributed by atoms with Crippen LogP contribution >= 0.6 is 0 Å². The second-order valence-corrected chi connectivity index (χ2v) is 22.2. The summed E-state index contributed by atoms with van der Waals surface area (Å²) in [6.45, 7) is 21.6. The highest BCUT2D eigenvalue weighted by atomic mass is 28.4. The van der Waals surface area contributed by atoms with Gasteiger partial charge in [-0.1, -0.05) is 19.4 Å². The van der Waals surface area contributed by atoms with Crippen molar-refractivity contribution in [1.82, 2.24) is 0 Å². The van der Waals surface area contributed by atoms with Crippen molar-refractivity contribution < 1.29 is 8.85 Å². The van der Waals surface area contributed by atoms with Crippen molar-refractivity contribution in [3.05, 3.63) is 23.5 Å². The number of fused-ring (bicyclic) bond motifs is 5. The predicted molar refractivity (Wildman–Crippen MR) is 132 cm³/mol. The van der Waals surface area contributed by atoms with Gasteiger partial charge >= 0.3 is 0 Å². The van der Waals surface area contributed by atoms with Crippen molar-refractivity contribution >= 4 is 16.6 Å². The van der Waals surface area contributed by atoms with Crippen LogP contribution < -0.4 is 0 Å². The fourth-order valence-electron chi connectivity index (χ4n) is 7.83. The van der Waals surface area contributed by atoms with Crippen LogP contribution in [0.1, 0.15) is 59.3 Å². The molecule has 0 bridgehead atoms. The highest BCUT2D eigenvalue weighted by molar-refractivity contribution is 6.70. The van der Waals surface area contributed by atoms with Crippen LogP contribution in [0.5, 0.6) is 0 Å². The molecule has 7 unspecified atom stereocenters. The van der Waals surface area contributed by atoms with Gasteiger partial charge in [0, 0.05) is 0 Å². The standard InChI is InChI=1S/C26H46O2Si2/c1-18-16-20(27-29(4,5)6)17-19-10-11-21-22-12-13-24(28-30(7,8)9)25(22,2)15-14-23(21)26(18,19)3/h16-17,19,21-24H,10-15H2,1-9H3. The van der Waals surface area contributed by atoms with Crippen LogP contribution in [-0.4, -0.2) is 22.7 Å². The third-order valence-corrected chi connectivity index (χ3v) is 11.0. The number of rotatable bonds is 4. The maximum absolute atomic E-state index is 6.77. The Hall–Kier alpha value is -0.326. The van der Waals surface area contributed by atoms with Crippen LogP contribution in [-0.2, 0) is 8.85 Å². The number of hydrogen-bond acceptors (Lipinski definition) is 2. The van der Waals surface area contributed by atoms with E-state index in [1.54, 1.807) is 5.57 Å². The van der Waals surface area contributed by atoms with E-state index in [9.17, 15) is 0 Å². The monoisotopic (exact) mass is 446 g/mol. The van der Waals surface area contributed by atoms with Crippen LogP contribution in [0, 0.1) is 34.5 Å². The first kappa shape index (κ1) is 22.9. The van der Waals surface area contributed by atoms with Crippen molar-refractivity contribution in [2.24, 2.45) is 34.5 Å². The third kappa shape index (κ3) is 3.83. The smallest absolute Gasteiger partial charge is 0.242 e. The van der Waals surface area contributed by atoms with Gasteiger partial charge in [-0.25, -0.2) is 0 Å². The summed E-state index contributed by atoms with van der Waals surface area (Å²) in [7, 11) is -3.07. The van der Waals surface area contributed by atoms with E-state index in [4.69, 9.17) is 8.85 Å². The first-order chi connectivity index (χ1) is 13.7. The molecule has 4 rings (SSSR count). The summed E-state index contributed by atoms with van der Waals surface area (Å²) in [5, 5.41) is 0. The molecule has 3 fully saturated rings. The lowest BCUT2D eigenvalue weighted by atomic mass is 9.45. The fraction of sp³-hybridized carbons (Fsp3) is 0.846. The highest BCUT2D eigenvalue weighted by Crippen LogP contribution is 2.66. The second-order valence-electron chi connectivity index (χ2n) is 13.3. The van der Waals surface area contributed by atoms with Crippen molar-refractivity contribution in [2.75, 3.05) is 0 Å². The summed E-state index contributed by atoms with van der Waals surface area (Å²) < 4.78 is 13.2. The van der Waals surface area contributed by atoms with Gasteiger partial charge in [-0.05, 0) is 131 Å². The normalized spacial score (nSPS) is 43.8. The Morgan fingerprint density at radius 2 is 1.57 bits per heavy atom. The summed E-state index contributed by atoms with van der Waals surface area (Å²) in [5.74, 6) is 4.36. The molecule has 0 saturated heterocycles. The van der Waals surface area contributed by atoms with Crippen molar-refractivity contribution in [2.45, 2.75) is 105 Å². The van der Waals surface area contributed by atoms with Gasteiger partial charge < -0.3 is 8.85 Å². The van der Waals surface area contributed by atoms with E-state index in [0.717, 1.165) is 23.5 Å². The predicted octanol–water partition coefficient (Wildman–Crippen LogP) is 7.76. The molecular formula is C26H46O2Si2. The van der Waals surface area contributed by atoms with Gasteiger partial charge in [0.15, 0.2) is 8.32 Å². The van der Waals surface area contributed by atoms with Gasteiger partial charge in [0.2, 0.25) is 8.32 Å². The zero-order valence-corrected chi connectivity index (χ0v) is 23.1. The van der Waals surface area contributed by atoms with E-state index in [2.05, 4.69) is 72.2 Å². The lowest BCUT2D eigenvalue weighted by Crippen LogP contribution is -2.54. The van der Waals surface area contributed by atoms with Crippen LogP contribution in [0.3, 0.4) is 0 Å². The minimum Gasteiger partial charge on any atom is -0.545 e. The molecule has 0 radical (unpaired) electrons. The Bertz CT molecular complexity index is 743. The van der Waals surface area contributed by atoms with Crippen LogP contribution in [0.25, 0.3) is 0 Å². The molecule has 7 atom stereocenters. The van der Waals surface area contributed by atoms with E-state index in [1.165, 1.54) is 38.5 Å². The average Bonchev–Trinajstić information content (AvgIpc) is 2.90. The SMILES string of the molecule is CC1=CC(O[Si](C)(C)C)=CC2CCC3C4CCC(O[Si](C)(C)C)C4(C)CCC3C12C. The zero-order chi connectivity index (χ0) is 22.1. The van der Waals surface area contributed by atoms with Gasteiger partial charge in [0.25, 0.3) is 0 Å². The topological polar surface area (TPSA) is 18.5 Å². The molecule has 4 aliphatic carbocycles. The summed E-state index contributed by atoms with van der Waals surface area (Å²) in [4.78, 5) is 0. The summed E-state index contributed by atoms with van der Waals surface area (Å²) in [5.41, 5.74) is 2.29. The zero-order valence-electron chi connectivity index (χ0n) is 21.1. The molecule has 4 heteroatoms. The molecule has 4 aliphatic rings. The van der Waals surface area contributed by atoms with E-state index in [0.29, 0.717) is 22.9 Å². The first-order valence-electron chi connectivity index (χ1n) is 12.5. The lowest BCUT2D eigenvalue weighted by Gasteiger charge is -2.60. The van der Waals surface area contributed by atoms with Gasteiger partial charge in [-0.2, -0.15) is 0 Å². The average molecular weight is 447 g/mol. The summed E-state index contributed by atoms with van der Waals surface area (Å²) in [6, 6.07) is 0. The summed E-state index contributed by atoms with van der Waals surface area (Å²) >= 11 is 0. The molecule has 0 aromatic heterocycles. The lowest BCUT2D eigenvalue weighted by molar-refractivity contribution is -0.0854. The number of allylic oxidation sites excluding steroid dienone is 3. The minimum absolute atomic E-state index is 0.314. The largest absolute Gasteiger partial charge is 0.545 e. The van der Waals surface area contributed by atoms with Crippen molar-refractivity contribution in [3.8, 4) is 0 Å². The van der Waals surface area contributed by atoms with Crippen molar-refractivity contribution in [3.63, 3.8) is 0 Å². The summed E-state index contributed by atoms with van der Waals surface area (Å²) in [6.07, 6.45) is 13.5. The van der Waals surface area contributed by atoms with Gasteiger partial charge in [0.1, 0.15) is 0 Å². The molecule has 2 nitrogen and oxygen atoms in total. The van der Waals surface area contributed by atoms with Crippen LogP contribution in [0.4, 0.5) is 0 Å². The maximum atomic E-state index is 6.77. The Balaban J connectivity index is 1.58. The Morgan fingerprint density at radius 3 is 2.20 bits per heavy atom. The molecule has 3 saturated carbocycles. The Morgan fingerprint density at radius 1 is 0.867 bits per heavy atom. The third-order valence-electron chi connectivity index (χ3n) is 9.20. The molecule has 0 aliphatic heterocycles. The maximum Gasteiger partial charge on any atom is 0.242 e. The second kappa shape index (κ2) is 7.35. The van der Waals surface area contributed by atoms with Gasteiger partial charge in [0.05, 0.1) is 11.9 Å². The van der Waals surface area contributed by atoms with E-state index < -0.39 is 16.6 Å². The Kier molecular flexibility index (Phi) is 5.60.